The molecule has 100 valence electrons. The maximum Gasteiger partial charge on any atom is 0.0484 e. The first kappa shape index (κ1) is 14.0. The lowest BCUT2D eigenvalue weighted by Gasteiger charge is -2.35. The zero-order valence-electron chi connectivity index (χ0n) is 11.3. The van der Waals surface area contributed by atoms with Crippen molar-refractivity contribution in [2.45, 2.75) is 38.8 Å². The molecule has 1 aliphatic rings. The van der Waals surface area contributed by atoms with Crippen LogP contribution >= 0.6 is 15.9 Å². The van der Waals surface area contributed by atoms with Crippen LogP contribution in [0.4, 0.5) is 0 Å². The molecule has 1 aromatic carbocycles. The third-order valence-corrected chi connectivity index (χ3v) is 4.72. The first-order chi connectivity index (χ1) is 8.65. The number of halogens is 1. The summed E-state index contributed by atoms with van der Waals surface area (Å²) >= 11 is 3.66. The topological polar surface area (TPSA) is 29.3 Å². The number of nitrogens with two attached hydrogens (primary N) is 1. The Bertz CT molecular complexity index is 392. The number of hydrogen-bond donors (Lipinski definition) is 1. The molecule has 1 saturated heterocycles. The van der Waals surface area contributed by atoms with Gasteiger partial charge in [0.25, 0.3) is 0 Å². The van der Waals surface area contributed by atoms with E-state index in [1.54, 1.807) is 0 Å². The van der Waals surface area contributed by atoms with Crippen molar-refractivity contribution in [2.24, 2.45) is 11.7 Å². The third-order valence-electron chi connectivity index (χ3n) is 4.00. The van der Waals surface area contributed by atoms with Gasteiger partial charge in [-0.05, 0) is 36.9 Å². The fourth-order valence-electron chi connectivity index (χ4n) is 3.10. The monoisotopic (exact) mass is 310 g/mol. The molecule has 0 aliphatic carbocycles. The van der Waals surface area contributed by atoms with E-state index in [1.165, 1.54) is 29.4 Å². The molecule has 1 heterocycles. The first-order valence-electron chi connectivity index (χ1n) is 6.85. The molecule has 1 fully saturated rings. The molecule has 0 bridgehead atoms. The molecule has 0 spiro atoms. The lowest BCUT2D eigenvalue weighted by Crippen LogP contribution is -2.40. The van der Waals surface area contributed by atoms with Crippen molar-refractivity contribution in [1.29, 1.82) is 0 Å². The minimum absolute atomic E-state index is 0.343. The van der Waals surface area contributed by atoms with Crippen LogP contribution in [0.5, 0.6) is 0 Å². The molecule has 0 saturated carbocycles. The van der Waals surface area contributed by atoms with E-state index in [-0.39, 0.29) is 0 Å². The Kier molecular flexibility index (Phi) is 4.82. The average molecular weight is 311 g/mol. The summed E-state index contributed by atoms with van der Waals surface area (Å²) in [6.07, 6.45) is 2.60. The summed E-state index contributed by atoms with van der Waals surface area (Å²) in [4.78, 5) is 2.60. The quantitative estimate of drug-likeness (QED) is 0.921. The van der Waals surface area contributed by atoms with Gasteiger partial charge in [0.2, 0.25) is 0 Å². The number of benzene rings is 1. The standard InChI is InChI=1S/C15H23BrN2/c1-11(2)14-8-5-9-18(14)15(10-17)12-6-3-4-7-13(12)16/h3-4,6-7,11,14-15H,5,8-10,17H2,1-2H3. The van der Waals surface area contributed by atoms with Crippen molar-refractivity contribution < 1.29 is 0 Å². The van der Waals surface area contributed by atoms with E-state index < -0.39 is 0 Å². The number of hydrogen-bond acceptors (Lipinski definition) is 2. The molecule has 1 aromatic rings. The summed E-state index contributed by atoms with van der Waals surface area (Å²) in [5, 5.41) is 0. The fraction of sp³-hybridized carbons (Fsp3) is 0.600. The van der Waals surface area contributed by atoms with Gasteiger partial charge in [-0.15, -0.1) is 0 Å². The number of nitrogens with zero attached hydrogens (tertiary/aromatic N) is 1. The van der Waals surface area contributed by atoms with Gasteiger partial charge in [-0.3, -0.25) is 4.90 Å². The van der Waals surface area contributed by atoms with Crippen molar-refractivity contribution in [1.82, 2.24) is 4.90 Å². The summed E-state index contributed by atoms with van der Waals surface area (Å²) in [6.45, 7) is 6.49. The summed E-state index contributed by atoms with van der Waals surface area (Å²) in [7, 11) is 0. The van der Waals surface area contributed by atoms with Crippen molar-refractivity contribution in [3.05, 3.63) is 34.3 Å². The Morgan fingerprint density at radius 1 is 1.39 bits per heavy atom. The van der Waals surface area contributed by atoms with Gasteiger partial charge in [-0.1, -0.05) is 48.0 Å². The van der Waals surface area contributed by atoms with Crippen LogP contribution in [0.3, 0.4) is 0 Å². The molecule has 2 nitrogen and oxygen atoms in total. The Morgan fingerprint density at radius 3 is 2.72 bits per heavy atom. The fourth-order valence-corrected chi connectivity index (χ4v) is 3.65. The van der Waals surface area contributed by atoms with Gasteiger partial charge in [0.15, 0.2) is 0 Å². The van der Waals surface area contributed by atoms with Crippen LogP contribution < -0.4 is 5.73 Å². The second-order valence-electron chi connectivity index (χ2n) is 5.46. The molecule has 1 aliphatic heterocycles. The Morgan fingerprint density at radius 2 is 2.11 bits per heavy atom. The third kappa shape index (κ3) is 2.79. The molecule has 2 rings (SSSR count). The van der Waals surface area contributed by atoms with Gasteiger partial charge < -0.3 is 5.73 Å². The zero-order chi connectivity index (χ0) is 13.1. The second kappa shape index (κ2) is 6.18. The molecule has 0 amide bonds. The van der Waals surface area contributed by atoms with Crippen molar-refractivity contribution in [2.75, 3.05) is 13.1 Å². The van der Waals surface area contributed by atoms with Crippen LogP contribution in [0.2, 0.25) is 0 Å². The van der Waals surface area contributed by atoms with Gasteiger partial charge in [0.1, 0.15) is 0 Å². The van der Waals surface area contributed by atoms with Crippen LogP contribution in [0.15, 0.2) is 28.7 Å². The highest BCUT2D eigenvalue weighted by atomic mass is 79.9. The summed E-state index contributed by atoms with van der Waals surface area (Å²) in [5.74, 6) is 0.698. The van der Waals surface area contributed by atoms with E-state index in [2.05, 4.69) is 58.9 Å². The molecule has 3 heteroatoms. The van der Waals surface area contributed by atoms with E-state index in [9.17, 15) is 0 Å². The van der Waals surface area contributed by atoms with Crippen molar-refractivity contribution in [3.8, 4) is 0 Å². The predicted molar refractivity (Wildman–Crippen MR) is 80.5 cm³/mol. The zero-order valence-corrected chi connectivity index (χ0v) is 12.9. The van der Waals surface area contributed by atoms with Crippen LogP contribution in [0.1, 0.15) is 38.3 Å². The highest BCUT2D eigenvalue weighted by Gasteiger charge is 2.33. The molecule has 2 unspecified atom stereocenters. The van der Waals surface area contributed by atoms with E-state index >= 15 is 0 Å². The van der Waals surface area contributed by atoms with Crippen LogP contribution in [-0.4, -0.2) is 24.0 Å². The van der Waals surface area contributed by atoms with Crippen molar-refractivity contribution in [3.63, 3.8) is 0 Å². The van der Waals surface area contributed by atoms with E-state index in [1.807, 2.05) is 0 Å². The van der Waals surface area contributed by atoms with Gasteiger partial charge in [0, 0.05) is 23.1 Å². The van der Waals surface area contributed by atoms with Gasteiger partial charge in [-0.2, -0.15) is 0 Å². The summed E-state index contributed by atoms with van der Waals surface area (Å²) in [5.41, 5.74) is 7.38. The second-order valence-corrected chi connectivity index (χ2v) is 6.32. The largest absolute Gasteiger partial charge is 0.329 e. The Balaban J connectivity index is 2.26. The lowest BCUT2D eigenvalue weighted by atomic mass is 9.98. The van der Waals surface area contributed by atoms with Crippen LogP contribution in [0, 0.1) is 5.92 Å². The van der Waals surface area contributed by atoms with Crippen molar-refractivity contribution >= 4 is 15.9 Å². The minimum atomic E-state index is 0.343. The maximum atomic E-state index is 6.05. The van der Waals surface area contributed by atoms with Gasteiger partial charge in [0.05, 0.1) is 0 Å². The molecule has 0 radical (unpaired) electrons. The Hall–Kier alpha value is -0.380. The minimum Gasteiger partial charge on any atom is -0.329 e. The lowest BCUT2D eigenvalue weighted by molar-refractivity contribution is 0.149. The smallest absolute Gasteiger partial charge is 0.0484 e. The summed E-state index contributed by atoms with van der Waals surface area (Å²) < 4.78 is 1.18. The molecular weight excluding hydrogens is 288 g/mol. The predicted octanol–water partition coefficient (Wildman–Crippen LogP) is 3.57. The highest BCUT2D eigenvalue weighted by Crippen LogP contribution is 2.34. The first-order valence-corrected chi connectivity index (χ1v) is 7.64. The normalized spacial score (nSPS) is 22.6. The average Bonchev–Trinajstić information content (AvgIpc) is 2.82. The molecule has 18 heavy (non-hydrogen) atoms. The van der Waals surface area contributed by atoms with Crippen LogP contribution in [-0.2, 0) is 0 Å². The molecular formula is C15H23BrN2. The van der Waals surface area contributed by atoms with Crippen LogP contribution in [0.25, 0.3) is 0 Å². The molecule has 2 N–H and O–H groups in total. The summed E-state index contributed by atoms with van der Waals surface area (Å²) in [6, 6.07) is 9.48. The maximum absolute atomic E-state index is 6.05. The SMILES string of the molecule is CC(C)C1CCCN1C(CN)c1ccccc1Br. The van der Waals surface area contributed by atoms with E-state index in [0.717, 1.165) is 0 Å². The highest BCUT2D eigenvalue weighted by molar-refractivity contribution is 9.10. The number of rotatable bonds is 4. The molecule has 0 aromatic heterocycles. The molecule has 2 atom stereocenters. The van der Waals surface area contributed by atoms with Gasteiger partial charge >= 0.3 is 0 Å². The van der Waals surface area contributed by atoms with E-state index in [4.69, 9.17) is 5.73 Å². The van der Waals surface area contributed by atoms with Gasteiger partial charge in [-0.25, -0.2) is 0 Å². The van der Waals surface area contributed by atoms with E-state index in [0.29, 0.717) is 24.5 Å². The number of likely N-dealkylation sites (tertiary alicyclic amines) is 1. The Labute approximate surface area is 119 Å².